The Bertz CT molecular complexity index is 441. The van der Waals surface area contributed by atoms with Gasteiger partial charge in [-0.1, -0.05) is 6.07 Å². The highest BCUT2D eigenvalue weighted by Crippen LogP contribution is 2.33. The number of carbonyl (C=O) groups is 1. The summed E-state index contributed by atoms with van der Waals surface area (Å²) in [6.07, 6.45) is 1.25. The molecule has 0 saturated carbocycles. The highest BCUT2D eigenvalue weighted by Gasteiger charge is 2.20. The van der Waals surface area contributed by atoms with E-state index in [9.17, 15) is 4.79 Å². The third-order valence-electron chi connectivity index (χ3n) is 2.85. The minimum Gasteiger partial charge on any atom is -0.492 e. The smallest absolute Gasteiger partial charge is 0.224 e. The Kier molecular flexibility index (Phi) is 3.33. The average Bonchev–Trinajstić information content (AvgIpc) is 2.28. The number of hydrogen-bond acceptors (Lipinski definition) is 3. The van der Waals surface area contributed by atoms with Gasteiger partial charge in [-0.3, -0.25) is 4.79 Å². The lowest BCUT2D eigenvalue weighted by atomic mass is 9.98. The lowest BCUT2D eigenvalue weighted by molar-refractivity contribution is -0.116. The van der Waals surface area contributed by atoms with E-state index in [-0.39, 0.29) is 11.9 Å². The van der Waals surface area contributed by atoms with Crippen molar-refractivity contribution in [3.05, 3.63) is 23.3 Å². The average molecular weight is 234 g/mol. The molecule has 1 amide bonds. The van der Waals surface area contributed by atoms with E-state index in [4.69, 9.17) is 10.5 Å². The van der Waals surface area contributed by atoms with Crippen LogP contribution < -0.4 is 15.8 Å². The number of nitrogens with one attached hydrogen (secondary N) is 1. The summed E-state index contributed by atoms with van der Waals surface area (Å²) in [5.74, 6) is 0.910. The van der Waals surface area contributed by atoms with E-state index in [0.29, 0.717) is 13.0 Å². The van der Waals surface area contributed by atoms with Crippen LogP contribution in [0.1, 0.15) is 24.5 Å². The molecule has 1 aliphatic heterocycles. The van der Waals surface area contributed by atoms with E-state index in [1.54, 1.807) is 0 Å². The molecule has 17 heavy (non-hydrogen) atoms. The topological polar surface area (TPSA) is 64.3 Å². The summed E-state index contributed by atoms with van der Waals surface area (Å²) < 4.78 is 5.68. The largest absolute Gasteiger partial charge is 0.492 e. The van der Waals surface area contributed by atoms with Gasteiger partial charge in [-0.05, 0) is 31.9 Å². The third kappa shape index (κ3) is 2.58. The van der Waals surface area contributed by atoms with Gasteiger partial charge in [0.2, 0.25) is 5.91 Å². The number of nitrogens with two attached hydrogens (primary N) is 1. The second kappa shape index (κ2) is 4.75. The van der Waals surface area contributed by atoms with Crippen molar-refractivity contribution in [1.82, 2.24) is 0 Å². The highest BCUT2D eigenvalue weighted by molar-refractivity contribution is 5.95. The monoisotopic (exact) mass is 234 g/mol. The van der Waals surface area contributed by atoms with Crippen LogP contribution in [0.2, 0.25) is 0 Å². The number of ether oxygens (including phenoxy) is 1. The van der Waals surface area contributed by atoms with Gasteiger partial charge in [0.05, 0.1) is 5.69 Å². The Morgan fingerprint density at radius 2 is 2.24 bits per heavy atom. The van der Waals surface area contributed by atoms with Gasteiger partial charge in [0.25, 0.3) is 0 Å². The van der Waals surface area contributed by atoms with E-state index in [1.807, 2.05) is 26.0 Å². The van der Waals surface area contributed by atoms with Crippen molar-refractivity contribution in [2.75, 3.05) is 11.9 Å². The van der Waals surface area contributed by atoms with E-state index in [2.05, 4.69) is 5.32 Å². The molecule has 0 aliphatic carbocycles. The molecule has 0 fully saturated rings. The molecule has 0 radical (unpaired) electrons. The zero-order chi connectivity index (χ0) is 12.4. The number of amides is 1. The Balaban J connectivity index is 2.29. The molecule has 0 saturated heterocycles. The van der Waals surface area contributed by atoms with Gasteiger partial charge >= 0.3 is 0 Å². The van der Waals surface area contributed by atoms with Crippen molar-refractivity contribution in [1.29, 1.82) is 0 Å². The first kappa shape index (κ1) is 11.9. The number of fused-ring (bicyclic) bond motifs is 1. The number of hydrogen-bond donors (Lipinski definition) is 2. The van der Waals surface area contributed by atoms with Crippen LogP contribution in [0.4, 0.5) is 5.69 Å². The number of benzene rings is 1. The normalized spacial score (nSPS) is 16.1. The second-order valence-electron chi connectivity index (χ2n) is 4.57. The molecule has 1 aromatic carbocycles. The molecule has 4 nitrogen and oxygen atoms in total. The van der Waals surface area contributed by atoms with E-state index < -0.39 is 0 Å². The molecule has 1 unspecified atom stereocenters. The molecule has 2 rings (SSSR count). The summed E-state index contributed by atoms with van der Waals surface area (Å²) in [7, 11) is 0. The van der Waals surface area contributed by atoms with Crippen LogP contribution in [-0.2, 0) is 11.2 Å². The molecule has 0 bridgehead atoms. The molecule has 4 heteroatoms. The first-order valence-corrected chi connectivity index (χ1v) is 5.88. The second-order valence-corrected chi connectivity index (χ2v) is 4.57. The SMILES string of the molecule is Cc1ccc(OCC(C)N)c2c1NC(=O)CC2. The van der Waals surface area contributed by atoms with Gasteiger partial charge in [0.15, 0.2) is 0 Å². The predicted octanol–water partition coefficient (Wildman–Crippen LogP) is 1.61. The Morgan fingerprint density at radius 1 is 1.47 bits per heavy atom. The maximum atomic E-state index is 11.4. The van der Waals surface area contributed by atoms with Gasteiger partial charge in [-0.15, -0.1) is 0 Å². The molecule has 1 heterocycles. The zero-order valence-electron chi connectivity index (χ0n) is 10.2. The fourth-order valence-electron chi connectivity index (χ4n) is 1.96. The van der Waals surface area contributed by atoms with Crippen LogP contribution >= 0.6 is 0 Å². The van der Waals surface area contributed by atoms with Crippen LogP contribution in [0.5, 0.6) is 5.75 Å². The van der Waals surface area contributed by atoms with Crippen molar-refractivity contribution in [3.63, 3.8) is 0 Å². The molecule has 92 valence electrons. The predicted molar refractivity (Wildman–Crippen MR) is 67.3 cm³/mol. The van der Waals surface area contributed by atoms with Gasteiger partial charge in [-0.25, -0.2) is 0 Å². The van der Waals surface area contributed by atoms with Crippen LogP contribution in [-0.4, -0.2) is 18.6 Å². The molecule has 1 atom stereocenters. The minimum atomic E-state index is 0.00475. The van der Waals surface area contributed by atoms with Gasteiger partial charge in [0.1, 0.15) is 12.4 Å². The van der Waals surface area contributed by atoms with Crippen LogP contribution in [0.15, 0.2) is 12.1 Å². The molecular weight excluding hydrogens is 216 g/mol. The van der Waals surface area contributed by atoms with Crippen molar-refractivity contribution < 1.29 is 9.53 Å². The Morgan fingerprint density at radius 3 is 2.94 bits per heavy atom. The molecule has 3 N–H and O–H groups in total. The molecular formula is C13H18N2O2. The summed E-state index contributed by atoms with van der Waals surface area (Å²) in [5.41, 5.74) is 8.74. The lowest BCUT2D eigenvalue weighted by Crippen LogP contribution is -2.25. The first-order chi connectivity index (χ1) is 8.08. The Labute approximate surface area is 101 Å². The highest BCUT2D eigenvalue weighted by atomic mass is 16.5. The van der Waals surface area contributed by atoms with E-state index >= 15 is 0 Å². The number of anilines is 1. The summed E-state index contributed by atoms with van der Waals surface area (Å²) in [6.45, 7) is 4.38. The van der Waals surface area contributed by atoms with Crippen molar-refractivity contribution >= 4 is 11.6 Å². The number of aryl methyl sites for hydroxylation is 1. The quantitative estimate of drug-likeness (QED) is 0.835. The van der Waals surface area contributed by atoms with Crippen LogP contribution in [0.25, 0.3) is 0 Å². The van der Waals surface area contributed by atoms with Crippen molar-refractivity contribution in [2.24, 2.45) is 5.73 Å². The number of rotatable bonds is 3. The Hall–Kier alpha value is -1.55. The fraction of sp³-hybridized carbons (Fsp3) is 0.462. The standard InChI is InChI=1S/C13H18N2O2/c1-8-3-5-11(17-7-9(2)14)10-4-6-12(16)15-13(8)10/h3,5,9H,4,6-7,14H2,1-2H3,(H,15,16). The van der Waals surface area contributed by atoms with Gasteiger partial charge < -0.3 is 15.8 Å². The van der Waals surface area contributed by atoms with Crippen molar-refractivity contribution in [3.8, 4) is 5.75 Å². The zero-order valence-corrected chi connectivity index (χ0v) is 10.2. The lowest BCUT2D eigenvalue weighted by Gasteiger charge is -2.22. The summed E-state index contributed by atoms with van der Waals surface area (Å²) in [4.78, 5) is 11.4. The molecule has 1 aliphatic rings. The maximum absolute atomic E-state index is 11.4. The number of carbonyl (C=O) groups excluding carboxylic acids is 1. The molecule has 0 aromatic heterocycles. The fourth-order valence-corrected chi connectivity index (χ4v) is 1.96. The van der Waals surface area contributed by atoms with Gasteiger partial charge in [0, 0.05) is 18.0 Å². The summed E-state index contributed by atoms with van der Waals surface area (Å²) in [6, 6.07) is 3.92. The maximum Gasteiger partial charge on any atom is 0.224 e. The van der Waals surface area contributed by atoms with Crippen LogP contribution in [0.3, 0.4) is 0 Å². The minimum absolute atomic E-state index is 0.00475. The van der Waals surface area contributed by atoms with E-state index in [0.717, 1.165) is 29.0 Å². The molecule has 0 spiro atoms. The molecule has 1 aromatic rings. The van der Waals surface area contributed by atoms with E-state index in [1.165, 1.54) is 0 Å². The summed E-state index contributed by atoms with van der Waals surface area (Å²) >= 11 is 0. The third-order valence-corrected chi connectivity index (χ3v) is 2.85. The van der Waals surface area contributed by atoms with Crippen molar-refractivity contribution in [2.45, 2.75) is 32.7 Å². The first-order valence-electron chi connectivity index (χ1n) is 5.88. The van der Waals surface area contributed by atoms with Crippen LogP contribution in [0, 0.1) is 6.92 Å². The van der Waals surface area contributed by atoms with Gasteiger partial charge in [-0.2, -0.15) is 0 Å². The summed E-state index contributed by atoms with van der Waals surface area (Å²) in [5, 5.41) is 2.91.